The van der Waals surface area contributed by atoms with Gasteiger partial charge in [-0.25, -0.2) is 0 Å². The Morgan fingerprint density at radius 3 is 2.65 bits per heavy atom. The molecule has 4 aliphatic carbocycles. The minimum atomic E-state index is 0.263. The molecular weight excluding hydrogens is 282 g/mol. The van der Waals surface area contributed by atoms with E-state index < -0.39 is 0 Å². The molecule has 4 rings (SSSR count). The second-order valence-electron chi connectivity index (χ2n) is 8.76. The lowest BCUT2D eigenvalue weighted by Gasteiger charge is -2.57. The normalized spacial score (nSPS) is 47.3. The summed E-state index contributed by atoms with van der Waals surface area (Å²) < 4.78 is 0. The smallest absolute Gasteiger partial charge is 0.155 e. The number of carbonyl (C=O) groups excluding carboxylic acids is 1. The lowest BCUT2D eigenvalue weighted by molar-refractivity contribution is -0.117. The molecular formula is C21H27NO. The van der Waals surface area contributed by atoms with Gasteiger partial charge in [0.1, 0.15) is 0 Å². The van der Waals surface area contributed by atoms with E-state index in [0.717, 1.165) is 43.4 Å². The monoisotopic (exact) mass is 309 g/mol. The Bertz CT molecular complexity index is 651. The molecule has 0 unspecified atom stereocenters. The Morgan fingerprint density at radius 1 is 1.09 bits per heavy atom. The first-order valence-electron chi connectivity index (χ1n) is 9.32. The zero-order valence-corrected chi connectivity index (χ0v) is 14.4. The molecule has 0 spiro atoms. The van der Waals surface area contributed by atoms with Crippen LogP contribution in [0.2, 0.25) is 0 Å². The zero-order valence-electron chi connectivity index (χ0n) is 14.4. The molecule has 3 fully saturated rings. The molecule has 0 radical (unpaired) electrons. The first-order chi connectivity index (χ1) is 11.0. The third-order valence-corrected chi connectivity index (χ3v) is 8.05. The summed E-state index contributed by atoms with van der Waals surface area (Å²) in [4.78, 5) is 11.9. The Balaban J connectivity index is 1.69. The van der Waals surface area contributed by atoms with Crippen LogP contribution in [0.3, 0.4) is 0 Å². The van der Waals surface area contributed by atoms with Crippen molar-refractivity contribution < 1.29 is 4.79 Å². The predicted molar refractivity (Wildman–Crippen MR) is 90.4 cm³/mol. The number of fused-ring (bicyclic) bond motifs is 5. The minimum Gasteiger partial charge on any atom is -0.295 e. The SMILES string of the molecule is C[C@]12CCC(=O)C=C1CC[C@@H]1[C@@H]2CC[C@]2(C)/C(=C\C#N)CC[C@@H]12. The Labute approximate surface area is 139 Å². The van der Waals surface area contributed by atoms with Crippen molar-refractivity contribution in [1.82, 2.24) is 0 Å². The maximum Gasteiger partial charge on any atom is 0.155 e. The van der Waals surface area contributed by atoms with Crippen molar-refractivity contribution in [3.05, 3.63) is 23.3 Å². The van der Waals surface area contributed by atoms with E-state index in [1.165, 1.54) is 36.8 Å². The number of ketones is 1. The van der Waals surface area contributed by atoms with E-state index in [1.807, 2.05) is 12.2 Å². The van der Waals surface area contributed by atoms with Crippen molar-refractivity contribution in [2.24, 2.45) is 28.6 Å². The number of hydrogen-bond donors (Lipinski definition) is 0. The van der Waals surface area contributed by atoms with Crippen molar-refractivity contribution in [3.63, 3.8) is 0 Å². The van der Waals surface area contributed by atoms with Gasteiger partial charge in [-0.3, -0.25) is 4.79 Å². The second-order valence-corrected chi connectivity index (χ2v) is 8.76. The molecule has 5 atom stereocenters. The quantitative estimate of drug-likeness (QED) is 0.593. The highest BCUT2D eigenvalue weighted by atomic mass is 16.1. The molecule has 0 amide bonds. The van der Waals surface area contributed by atoms with Gasteiger partial charge in [-0.05, 0) is 79.6 Å². The highest BCUT2D eigenvalue weighted by Crippen LogP contribution is 2.66. The number of nitrogens with zero attached hydrogens (tertiary/aromatic N) is 1. The van der Waals surface area contributed by atoms with Crippen molar-refractivity contribution in [2.75, 3.05) is 0 Å². The first kappa shape index (κ1) is 15.2. The molecule has 0 N–H and O–H groups in total. The van der Waals surface area contributed by atoms with Gasteiger partial charge in [0.05, 0.1) is 6.07 Å². The summed E-state index contributed by atoms with van der Waals surface area (Å²) in [6, 6.07) is 2.29. The van der Waals surface area contributed by atoms with Gasteiger partial charge in [-0.2, -0.15) is 5.26 Å². The summed E-state index contributed by atoms with van der Waals surface area (Å²) >= 11 is 0. The largest absolute Gasteiger partial charge is 0.295 e. The molecule has 0 aromatic heterocycles. The molecule has 0 saturated heterocycles. The van der Waals surface area contributed by atoms with E-state index in [1.54, 1.807) is 0 Å². The highest BCUT2D eigenvalue weighted by Gasteiger charge is 2.57. The molecule has 0 aromatic carbocycles. The highest BCUT2D eigenvalue weighted by molar-refractivity contribution is 5.91. The fourth-order valence-electron chi connectivity index (χ4n) is 6.72. The maximum atomic E-state index is 11.9. The van der Waals surface area contributed by atoms with Gasteiger partial charge in [0.15, 0.2) is 5.78 Å². The standard InChI is InChI=1S/C21H27NO/c1-20-11-8-19-17(18(20)6-4-14(20)9-12-22)5-3-15-13-16(23)7-10-21(15,19)2/h9,13,17-19H,3-8,10-11H2,1-2H3/b14-9-/t17-,18-,19-,20+,21-/m0/s1. The van der Waals surface area contributed by atoms with Crippen LogP contribution < -0.4 is 0 Å². The molecule has 2 heteroatoms. The summed E-state index contributed by atoms with van der Waals surface area (Å²) in [6.45, 7) is 4.86. The van der Waals surface area contributed by atoms with E-state index in [4.69, 9.17) is 5.26 Å². The van der Waals surface area contributed by atoms with Crippen LogP contribution >= 0.6 is 0 Å². The number of allylic oxidation sites excluding steroid dienone is 3. The van der Waals surface area contributed by atoms with Crippen LogP contribution in [0.5, 0.6) is 0 Å². The van der Waals surface area contributed by atoms with Gasteiger partial charge in [-0.15, -0.1) is 0 Å². The van der Waals surface area contributed by atoms with E-state index in [-0.39, 0.29) is 10.8 Å². The van der Waals surface area contributed by atoms with E-state index in [0.29, 0.717) is 5.78 Å². The lowest BCUT2D eigenvalue weighted by Crippen LogP contribution is -2.49. The number of hydrogen-bond acceptors (Lipinski definition) is 2. The van der Waals surface area contributed by atoms with Gasteiger partial charge in [0.2, 0.25) is 0 Å². The van der Waals surface area contributed by atoms with Crippen LogP contribution in [0.1, 0.15) is 65.2 Å². The van der Waals surface area contributed by atoms with Crippen LogP contribution in [0, 0.1) is 39.9 Å². The second kappa shape index (κ2) is 5.07. The number of carbonyl (C=O) groups is 1. The van der Waals surface area contributed by atoms with E-state index >= 15 is 0 Å². The van der Waals surface area contributed by atoms with Crippen molar-refractivity contribution >= 4 is 5.78 Å². The van der Waals surface area contributed by atoms with Gasteiger partial charge in [-0.1, -0.05) is 25.0 Å². The summed E-state index contributed by atoms with van der Waals surface area (Å²) in [5.41, 5.74) is 3.39. The summed E-state index contributed by atoms with van der Waals surface area (Å²) in [5, 5.41) is 9.12. The Hall–Kier alpha value is -1.36. The average Bonchev–Trinajstić information content (AvgIpc) is 2.85. The van der Waals surface area contributed by atoms with E-state index in [9.17, 15) is 4.79 Å². The minimum absolute atomic E-state index is 0.263. The third kappa shape index (κ3) is 2.02. The lowest BCUT2D eigenvalue weighted by atomic mass is 9.47. The first-order valence-corrected chi connectivity index (χ1v) is 9.32. The fraction of sp³-hybridized carbons (Fsp3) is 0.714. The molecule has 3 saturated carbocycles. The van der Waals surface area contributed by atoms with Crippen molar-refractivity contribution in [2.45, 2.75) is 65.2 Å². The van der Waals surface area contributed by atoms with Crippen LogP contribution in [0.4, 0.5) is 0 Å². The van der Waals surface area contributed by atoms with E-state index in [2.05, 4.69) is 19.9 Å². The molecule has 0 aliphatic heterocycles. The number of nitriles is 1. The van der Waals surface area contributed by atoms with Gasteiger partial charge in [0.25, 0.3) is 0 Å². The topological polar surface area (TPSA) is 40.9 Å². The molecule has 122 valence electrons. The van der Waals surface area contributed by atoms with Gasteiger partial charge >= 0.3 is 0 Å². The molecule has 0 bridgehead atoms. The predicted octanol–water partition coefficient (Wildman–Crippen LogP) is 4.97. The number of rotatable bonds is 0. The molecule has 4 aliphatic rings. The van der Waals surface area contributed by atoms with Crippen LogP contribution in [0.25, 0.3) is 0 Å². The average molecular weight is 309 g/mol. The fourth-order valence-corrected chi connectivity index (χ4v) is 6.72. The Kier molecular flexibility index (Phi) is 3.34. The summed E-state index contributed by atoms with van der Waals surface area (Å²) in [7, 11) is 0. The molecule has 0 aromatic rings. The summed E-state index contributed by atoms with van der Waals surface area (Å²) in [6.07, 6.45) is 12.9. The summed E-state index contributed by atoms with van der Waals surface area (Å²) in [5.74, 6) is 2.62. The van der Waals surface area contributed by atoms with Crippen molar-refractivity contribution in [1.29, 1.82) is 5.26 Å². The van der Waals surface area contributed by atoms with Gasteiger partial charge in [0, 0.05) is 12.5 Å². The van der Waals surface area contributed by atoms with Crippen LogP contribution in [-0.4, -0.2) is 5.78 Å². The third-order valence-electron chi connectivity index (χ3n) is 8.05. The maximum absolute atomic E-state index is 11.9. The van der Waals surface area contributed by atoms with Gasteiger partial charge < -0.3 is 0 Å². The molecule has 23 heavy (non-hydrogen) atoms. The zero-order chi connectivity index (χ0) is 16.2. The van der Waals surface area contributed by atoms with Crippen LogP contribution in [-0.2, 0) is 4.79 Å². The van der Waals surface area contributed by atoms with Crippen molar-refractivity contribution in [3.8, 4) is 6.07 Å². The Morgan fingerprint density at radius 2 is 1.87 bits per heavy atom. The molecule has 0 heterocycles. The molecule has 2 nitrogen and oxygen atoms in total. The van der Waals surface area contributed by atoms with Crippen LogP contribution in [0.15, 0.2) is 23.3 Å².